The molecule has 6 nitrogen and oxygen atoms in total. The number of carbonyl (C=O) groups excluding carboxylic acids is 2. The number of hydrogen-bond acceptors (Lipinski definition) is 5. The lowest BCUT2D eigenvalue weighted by atomic mass is 9.90. The van der Waals surface area contributed by atoms with Gasteiger partial charge >= 0.3 is 0 Å². The summed E-state index contributed by atoms with van der Waals surface area (Å²) in [5.74, 6) is -3.34. The molecule has 8 heteroatoms. The molecule has 3 aromatic rings. The lowest BCUT2D eigenvalue weighted by Gasteiger charge is -2.28. The van der Waals surface area contributed by atoms with Crippen LogP contribution in [0.1, 0.15) is 18.5 Å². The van der Waals surface area contributed by atoms with Crippen LogP contribution in [0.5, 0.6) is 5.75 Å². The lowest BCUT2D eigenvalue weighted by molar-refractivity contribution is -0.126. The first-order valence-corrected chi connectivity index (χ1v) is 10.6. The van der Waals surface area contributed by atoms with E-state index in [1.807, 2.05) is 13.0 Å². The maximum atomic E-state index is 14.1. The van der Waals surface area contributed by atoms with E-state index in [1.165, 1.54) is 11.1 Å². The van der Waals surface area contributed by atoms with Crippen molar-refractivity contribution >= 4 is 23.2 Å². The first-order valence-electron chi connectivity index (χ1n) is 10.6. The van der Waals surface area contributed by atoms with Crippen molar-refractivity contribution in [2.75, 3.05) is 16.6 Å². The molecule has 0 aromatic heterocycles. The molecule has 0 radical (unpaired) electrons. The minimum Gasteiger partial charge on any atom is -0.494 e. The first-order chi connectivity index (χ1) is 16.0. The van der Waals surface area contributed by atoms with E-state index in [4.69, 9.17) is 9.57 Å². The second kappa shape index (κ2) is 8.29. The third-order valence-electron chi connectivity index (χ3n) is 5.82. The summed E-state index contributed by atoms with van der Waals surface area (Å²) in [4.78, 5) is 33.9. The molecule has 0 aliphatic carbocycles. The van der Waals surface area contributed by atoms with E-state index in [9.17, 15) is 18.4 Å². The molecule has 2 fully saturated rings. The highest BCUT2D eigenvalue weighted by atomic mass is 19.2. The molecule has 3 atom stereocenters. The SMILES string of the molecule is CCOc1ccc(N2C(=O)[C@@H]3[C@@H](ON(c4ccccc4)[C@H]3c3ccc(F)c(F)c3)C2=O)cc1. The molecule has 2 saturated heterocycles. The number of carbonyl (C=O) groups is 2. The van der Waals surface area contributed by atoms with Gasteiger partial charge in [-0.3, -0.25) is 14.4 Å². The zero-order valence-electron chi connectivity index (χ0n) is 17.7. The minimum atomic E-state index is -1.10. The highest BCUT2D eigenvalue weighted by Gasteiger charge is 2.60. The zero-order chi connectivity index (χ0) is 23.1. The third-order valence-corrected chi connectivity index (χ3v) is 5.82. The van der Waals surface area contributed by atoms with Crippen LogP contribution in [0, 0.1) is 17.6 Å². The van der Waals surface area contributed by atoms with Gasteiger partial charge in [0.05, 0.1) is 24.0 Å². The van der Waals surface area contributed by atoms with E-state index in [-0.39, 0.29) is 0 Å². The highest BCUT2D eigenvalue weighted by molar-refractivity contribution is 6.23. The zero-order valence-corrected chi connectivity index (χ0v) is 17.7. The van der Waals surface area contributed by atoms with E-state index >= 15 is 0 Å². The van der Waals surface area contributed by atoms with E-state index < -0.39 is 41.5 Å². The van der Waals surface area contributed by atoms with Crippen molar-refractivity contribution in [3.8, 4) is 5.75 Å². The fourth-order valence-electron chi connectivity index (χ4n) is 4.36. The Labute approximate surface area is 188 Å². The third kappa shape index (κ3) is 3.52. The summed E-state index contributed by atoms with van der Waals surface area (Å²) in [7, 11) is 0. The summed E-state index contributed by atoms with van der Waals surface area (Å²) in [6.07, 6.45) is -1.10. The molecule has 0 N–H and O–H groups in total. The van der Waals surface area contributed by atoms with Gasteiger partial charge in [0.25, 0.3) is 5.91 Å². The average Bonchev–Trinajstić information content (AvgIpc) is 3.33. The van der Waals surface area contributed by atoms with E-state index in [2.05, 4.69) is 0 Å². The molecule has 0 saturated carbocycles. The maximum absolute atomic E-state index is 14.1. The van der Waals surface area contributed by atoms with Gasteiger partial charge < -0.3 is 4.74 Å². The Balaban J connectivity index is 1.55. The molecule has 0 spiro atoms. The van der Waals surface area contributed by atoms with Crippen molar-refractivity contribution < 1.29 is 27.9 Å². The lowest BCUT2D eigenvalue weighted by Crippen LogP contribution is -2.37. The highest BCUT2D eigenvalue weighted by Crippen LogP contribution is 2.47. The van der Waals surface area contributed by atoms with Crippen molar-refractivity contribution in [2.24, 2.45) is 5.92 Å². The standard InChI is InChI=1S/C25H20F2N2O4/c1-2-32-18-11-9-16(10-12-18)28-24(30)21-22(15-8-13-19(26)20(27)14-15)29(33-23(21)25(28)31)17-6-4-3-5-7-17/h3-14,21-23H,2H2,1H3/t21-,22-,23+/m0/s1. The minimum absolute atomic E-state index is 0.333. The first kappa shape index (κ1) is 21.1. The number of halogens is 2. The van der Waals surface area contributed by atoms with Crippen molar-refractivity contribution in [3.05, 3.63) is 90.0 Å². The van der Waals surface area contributed by atoms with Crippen molar-refractivity contribution in [1.29, 1.82) is 0 Å². The van der Waals surface area contributed by atoms with Gasteiger partial charge in [-0.1, -0.05) is 24.3 Å². The Hall–Kier alpha value is -3.78. The van der Waals surface area contributed by atoms with Crippen molar-refractivity contribution in [2.45, 2.75) is 19.1 Å². The molecule has 2 heterocycles. The largest absolute Gasteiger partial charge is 0.494 e. The number of amides is 2. The topological polar surface area (TPSA) is 59.1 Å². The summed E-state index contributed by atoms with van der Waals surface area (Å²) in [5.41, 5.74) is 1.32. The van der Waals surface area contributed by atoms with Gasteiger partial charge in [0.15, 0.2) is 17.7 Å². The summed E-state index contributed by atoms with van der Waals surface area (Å²) >= 11 is 0. The van der Waals surface area contributed by atoms with Crippen molar-refractivity contribution in [1.82, 2.24) is 0 Å². The number of hydroxylamine groups is 1. The molecule has 168 valence electrons. The number of nitrogens with zero attached hydrogens (tertiary/aromatic N) is 2. The van der Waals surface area contributed by atoms with Crippen LogP contribution in [0.3, 0.4) is 0 Å². The molecule has 2 aliphatic heterocycles. The van der Waals surface area contributed by atoms with Gasteiger partial charge in [-0.25, -0.2) is 18.7 Å². The Bertz CT molecular complexity index is 1200. The van der Waals surface area contributed by atoms with Crippen LogP contribution in [0.25, 0.3) is 0 Å². The molecular formula is C25H20F2N2O4. The molecule has 2 amide bonds. The molecule has 5 rings (SSSR count). The predicted molar refractivity (Wildman–Crippen MR) is 116 cm³/mol. The van der Waals surface area contributed by atoms with E-state index in [0.29, 0.717) is 29.3 Å². The molecule has 0 unspecified atom stereocenters. The number of ether oxygens (including phenoxy) is 1. The number of fused-ring (bicyclic) bond motifs is 1. The number of rotatable bonds is 5. The van der Waals surface area contributed by atoms with Crippen LogP contribution in [0.15, 0.2) is 72.8 Å². The van der Waals surface area contributed by atoms with Gasteiger partial charge in [-0.05, 0) is 61.0 Å². The average molecular weight is 450 g/mol. The molecular weight excluding hydrogens is 430 g/mol. The Morgan fingerprint density at radius 2 is 1.61 bits per heavy atom. The molecule has 33 heavy (non-hydrogen) atoms. The van der Waals surface area contributed by atoms with Gasteiger partial charge in [0.1, 0.15) is 11.7 Å². The summed E-state index contributed by atoms with van der Waals surface area (Å²) in [6, 6.07) is 18.1. The van der Waals surface area contributed by atoms with Crippen LogP contribution >= 0.6 is 0 Å². The van der Waals surface area contributed by atoms with Crippen LogP contribution < -0.4 is 14.7 Å². The Morgan fingerprint density at radius 1 is 0.879 bits per heavy atom. The monoisotopic (exact) mass is 450 g/mol. The smallest absolute Gasteiger partial charge is 0.266 e. The predicted octanol–water partition coefficient (Wildman–Crippen LogP) is 4.41. The summed E-state index contributed by atoms with van der Waals surface area (Å²) in [6.45, 7) is 2.35. The fraction of sp³-hybridized carbons (Fsp3) is 0.200. The Morgan fingerprint density at radius 3 is 2.27 bits per heavy atom. The second-order valence-electron chi connectivity index (χ2n) is 7.77. The number of benzene rings is 3. The fourth-order valence-corrected chi connectivity index (χ4v) is 4.36. The molecule has 3 aromatic carbocycles. The van der Waals surface area contributed by atoms with Crippen LogP contribution in [0.4, 0.5) is 20.2 Å². The van der Waals surface area contributed by atoms with Crippen LogP contribution in [0.2, 0.25) is 0 Å². The van der Waals surface area contributed by atoms with Gasteiger partial charge in [-0.15, -0.1) is 0 Å². The number of hydrogen-bond donors (Lipinski definition) is 0. The quantitative estimate of drug-likeness (QED) is 0.539. The van der Waals surface area contributed by atoms with E-state index in [1.54, 1.807) is 48.5 Å². The normalized spacial score (nSPS) is 22.1. The van der Waals surface area contributed by atoms with Crippen molar-refractivity contribution in [3.63, 3.8) is 0 Å². The van der Waals surface area contributed by atoms with E-state index in [0.717, 1.165) is 17.0 Å². The molecule has 0 bridgehead atoms. The van der Waals surface area contributed by atoms with Gasteiger partial charge in [0.2, 0.25) is 5.91 Å². The van der Waals surface area contributed by atoms with Crippen LogP contribution in [-0.2, 0) is 14.4 Å². The maximum Gasteiger partial charge on any atom is 0.266 e. The van der Waals surface area contributed by atoms with Crippen LogP contribution in [-0.4, -0.2) is 24.5 Å². The Kier molecular flexibility index (Phi) is 5.30. The number of anilines is 2. The summed E-state index contributed by atoms with van der Waals surface area (Å²) < 4.78 is 33.2. The van der Waals surface area contributed by atoms with Gasteiger partial charge in [0, 0.05) is 0 Å². The molecule has 2 aliphatic rings. The van der Waals surface area contributed by atoms with Gasteiger partial charge in [-0.2, -0.15) is 0 Å². The number of para-hydroxylation sites is 1. The second-order valence-corrected chi connectivity index (χ2v) is 7.77. The summed E-state index contributed by atoms with van der Waals surface area (Å²) in [5, 5.41) is 1.44. The number of imide groups is 1.